The highest BCUT2D eigenvalue weighted by atomic mass is 79.9. The van der Waals surface area contributed by atoms with Crippen LogP contribution in [0.3, 0.4) is 0 Å². The predicted octanol–water partition coefficient (Wildman–Crippen LogP) is 0.955. The molecule has 1 aromatic heterocycles. The van der Waals surface area contributed by atoms with Crippen LogP contribution in [0.1, 0.15) is 17.3 Å². The van der Waals surface area contributed by atoms with E-state index in [9.17, 15) is 4.79 Å². The molecule has 0 aliphatic heterocycles. The maximum Gasteiger partial charge on any atom is 0.252 e. The largest absolute Gasteiger partial charge is 0.392 e. The molecule has 1 amide bonds. The summed E-state index contributed by atoms with van der Waals surface area (Å²) in [6, 6.07) is 3.35. The van der Waals surface area contributed by atoms with Crippen LogP contribution in [0.5, 0.6) is 0 Å². The Hall–Kier alpha value is -0.940. The van der Waals surface area contributed by atoms with Crippen LogP contribution in [0.25, 0.3) is 0 Å². The van der Waals surface area contributed by atoms with Gasteiger partial charge in [-0.2, -0.15) is 0 Å². The number of nitrogens with zero attached hydrogens (tertiary/aromatic N) is 1. The molecule has 1 heterocycles. The van der Waals surface area contributed by atoms with Crippen molar-refractivity contribution in [2.75, 3.05) is 6.54 Å². The van der Waals surface area contributed by atoms with Crippen LogP contribution in [-0.4, -0.2) is 28.6 Å². The summed E-state index contributed by atoms with van der Waals surface area (Å²) in [4.78, 5) is 15.3. The third-order valence-electron chi connectivity index (χ3n) is 1.55. The monoisotopic (exact) mass is 258 g/mol. The lowest BCUT2D eigenvalue weighted by atomic mass is 10.2. The second-order valence-electron chi connectivity index (χ2n) is 2.93. The highest BCUT2D eigenvalue weighted by Crippen LogP contribution is 2.05. The zero-order chi connectivity index (χ0) is 10.6. The number of pyridine rings is 1. The van der Waals surface area contributed by atoms with E-state index >= 15 is 0 Å². The van der Waals surface area contributed by atoms with Gasteiger partial charge in [-0.3, -0.25) is 4.79 Å². The van der Waals surface area contributed by atoms with Gasteiger partial charge in [-0.25, -0.2) is 4.98 Å². The van der Waals surface area contributed by atoms with Gasteiger partial charge in [0.25, 0.3) is 5.91 Å². The summed E-state index contributed by atoms with van der Waals surface area (Å²) < 4.78 is 0.685. The van der Waals surface area contributed by atoms with Crippen molar-refractivity contribution in [3.8, 4) is 0 Å². The summed E-state index contributed by atoms with van der Waals surface area (Å²) in [7, 11) is 0. The standard InChI is InChI=1S/C9H11BrN2O2/c1-6(13)4-12-9(14)7-2-3-8(10)11-5-7/h2-3,5-6,13H,4H2,1H3,(H,12,14). The second kappa shape index (κ2) is 5.07. The smallest absolute Gasteiger partial charge is 0.252 e. The molecule has 0 saturated heterocycles. The van der Waals surface area contributed by atoms with E-state index < -0.39 is 6.10 Å². The molecule has 0 radical (unpaired) electrons. The van der Waals surface area contributed by atoms with Crippen LogP contribution >= 0.6 is 15.9 Å². The van der Waals surface area contributed by atoms with Crippen LogP contribution < -0.4 is 5.32 Å². The summed E-state index contributed by atoms with van der Waals surface area (Å²) in [5.74, 6) is -0.231. The number of nitrogens with one attached hydrogen (secondary N) is 1. The Balaban J connectivity index is 2.57. The Labute approximate surface area is 90.5 Å². The van der Waals surface area contributed by atoms with Crippen molar-refractivity contribution in [2.45, 2.75) is 13.0 Å². The number of carbonyl (C=O) groups excluding carboxylic acids is 1. The van der Waals surface area contributed by atoms with E-state index in [-0.39, 0.29) is 12.5 Å². The lowest BCUT2D eigenvalue weighted by molar-refractivity contribution is 0.0923. The molecule has 0 aromatic carbocycles. The number of rotatable bonds is 3. The van der Waals surface area contributed by atoms with Crippen LogP contribution in [0.2, 0.25) is 0 Å². The number of halogens is 1. The molecule has 0 aliphatic rings. The van der Waals surface area contributed by atoms with Gasteiger partial charge < -0.3 is 10.4 Å². The molecule has 0 aliphatic carbocycles. The summed E-state index contributed by atoms with van der Waals surface area (Å²) in [6.45, 7) is 1.86. The van der Waals surface area contributed by atoms with Gasteiger partial charge in [-0.15, -0.1) is 0 Å². The first-order valence-electron chi connectivity index (χ1n) is 4.17. The Bertz CT molecular complexity index is 311. The number of amides is 1. The van der Waals surface area contributed by atoms with Crippen LogP contribution in [0.15, 0.2) is 22.9 Å². The number of aliphatic hydroxyl groups excluding tert-OH is 1. The average Bonchev–Trinajstić information content (AvgIpc) is 2.15. The highest BCUT2D eigenvalue weighted by Gasteiger charge is 2.05. The fourth-order valence-corrected chi connectivity index (χ4v) is 1.09. The average molecular weight is 259 g/mol. The minimum Gasteiger partial charge on any atom is -0.392 e. The van der Waals surface area contributed by atoms with Gasteiger partial charge in [-0.05, 0) is 35.0 Å². The molecule has 1 aromatic rings. The van der Waals surface area contributed by atoms with Crippen molar-refractivity contribution >= 4 is 21.8 Å². The molecule has 5 heteroatoms. The van der Waals surface area contributed by atoms with E-state index in [4.69, 9.17) is 5.11 Å². The van der Waals surface area contributed by atoms with Gasteiger partial charge >= 0.3 is 0 Å². The van der Waals surface area contributed by atoms with E-state index in [2.05, 4.69) is 26.2 Å². The van der Waals surface area contributed by atoms with Crippen molar-refractivity contribution in [1.82, 2.24) is 10.3 Å². The van der Waals surface area contributed by atoms with E-state index in [0.29, 0.717) is 10.2 Å². The number of aromatic nitrogens is 1. The zero-order valence-electron chi connectivity index (χ0n) is 7.70. The van der Waals surface area contributed by atoms with Crippen molar-refractivity contribution in [3.63, 3.8) is 0 Å². The lowest BCUT2D eigenvalue weighted by Crippen LogP contribution is -2.30. The lowest BCUT2D eigenvalue weighted by Gasteiger charge is -2.06. The number of hydrogen-bond donors (Lipinski definition) is 2. The van der Waals surface area contributed by atoms with Gasteiger partial charge in [-0.1, -0.05) is 0 Å². The molecular weight excluding hydrogens is 248 g/mol. The maximum atomic E-state index is 11.4. The first-order chi connectivity index (χ1) is 6.59. The summed E-state index contributed by atoms with van der Waals surface area (Å²) >= 11 is 3.17. The highest BCUT2D eigenvalue weighted by molar-refractivity contribution is 9.10. The van der Waals surface area contributed by atoms with E-state index in [0.717, 1.165) is 0 Å². The van der Waals surface area contributed by atoms with E-state index in [1.54, 1.807) is 19.1 Å². The van der Waals surface area contributed by atoms with Gasteiger partial charge in [0.15, 0.2) is 0 Å². The maximum absolute atomic E-state index is 11.4. The third kappa shape index (κ3) is 3.43. The fourth-order valence-electron chi connectivity index (χ4n) is 0.853. The van der Waals surface area contributed by atoms with Gasteiger partial charge in [0, 0.05) is 12.7 Å². The second-order valence-corrected chi connectivity index (χ2v) is 3.74. The van der Waals surface area contributed by atoms with Crippen molar-refractivity contribution in [3.05, 3.63) is 28.5 Å². The predicted molar refractivity (Wildman–Crippen MR) is 56.0 cm³/mol. The molecular formula is C9H11BrN2O2. The number of hydrogen-bond acceptors (Lipinski definition) is 3. The summed E-state index contributed by atoms with van der Waals surface area (Å²) in [6.07, 6.45) is 0.934. The molecule has 0 spiro atoms. The minimum atomic E-state index is -0.539. The van der Waals surface area contributed by atoms with Gasteiger partial charge in [0.2, 0.25) is 0 Å². The van der Waals surface area contributed by atoms with Crippen LogP contribution in [-0.2, 0) is 0 Å². The Morgan fingerprint density at radius 2 is 2.43 bits per heavy atom. The topological polar surface area (TPSA) is 62.2 Å². The molecule has 76 valence electrons. The quantitative estimate of drug-likeness (QED) is 0.794. The fraction of sp³-hybridized carbons (Fsp3) is 0.333. The molecule has 0 saturated carbocycles. The van der Waals surface area contributed by atoms with E-state index in [1.165, 1.54) is 6.20 Å². The van der Waals surface area contributed by atoms with Crippen LogP contribution in [0, 0.1) is 0 Å². The third-order valence-corrected chi connectivity index (χ3v) is 2.02. The first kappa shape index (κ1) is 11.1. The molecule has 1 unspecified atom stereocenters. The van der Waals surface area contributed by atoms with Gasteiger partial charge in [0.1, 0.15) is 4.60 Å². The van der Waals surface area contributed by atoms with Crippen LogP contribution in [0.4, 0.5) is 0 Å². The molecule has 2 N–H and O–H groups in total. The summed E-state index contributed by atoms with van der Waals surface area (Å²) in [5.41, 5.74) is 0.480. The summed E-state index contributed by atoms with van der Waals surface area (Å²) in [5, 5.41) is 11.5. The first-order valence-corrected chi connectivity index (χ1v) is 4.96. The van der Waals surface area contributed by atoms with Crippen molar-refractivity contribution < 1.29 is 9.90 Å². The van der Waals surface area contributed by atoms with Gasteiger partial charge in [0.05, 0.1) is 11.7 Å². The molecule has 14 heavy (non-hydrogen) atoms. The number of carbonyl (C=O) groups is 1. The Morgan fingerprint density at radius 3 is 2.93 bits per heavy atom. The minimum absolute atomic E-state index is 0.231. The zero-order valence-corrected chi connectivity index (χ0v) is 9.28. The Kier molecular flexibility index (Phi) is 4.03. The number of aliphatic hydroxyl groups is 1. The normalized spacial score (nSPS) is 12.2. The molecule has 1 rings (SSSR count). The van der Waals surface area contributed by atoms with E-state index in [1.807, 2.05) is 0 Å². The Morgan fingerprint density at radius 1 is 1.71 bits per heavy atom. The molecule has 0 fully saturated rings. The molecule has 0 bridgehead atoms. The molecule has 1 atom stereocenters. The SMILES string of the molecule is CC(O)CNC(=O)c1ccc(Br)nc1. The molecule has 4 nitrogen and oxygen atoms in total. The van der Waals surface area contributed by atoms with Crippen molar-refractivity contribution in [2.24, 2.45) is 0 Å². The van der Waals surface area contributed by atoms with Crippen molar-refractivity contribution in [1.29, 1.82) is 0 Å².